The minimum Gasteiger partial charge on any atom is -0.398 e. The van der Waals surface area contributed by atoms with Gasteiger partial charge in [0, 0.05) is 30.8 Å². The van der Waals surface area contributed by atoms with Crippen LogP contribution in [0.4, 0.5) is 5.69 Å². The number of nitrogens with one attached hydrogen (secondary N) is 1. The number of carbonyl (C=O) groups is 1. The number of rotatable bonds is 4. The molecule has 0 fully saturated rings. The second-order valence-electron chi connectivity index (χ2n) is 3.38. The molecule has 2 aromatic rings. The Labute approximate surface area is 97.6 Å². The molecule has 0 aliphatic rings. The number of aromatic nitrogens is 4. The van der Waals surface area contributed by atoms with E-state index in [2.05, 4.69) is 20.6 Å². The SMILES string of the molecule is Nc1ccncc1C(=O)NCCn1ccnn1. The maximum atomic E-state index is 11.7. The first-order chi connectivity index (χ1) is 8.27. The molecular formula is C10H12N6O. The van der Waals surface area contributed by atoms with Gasteiger partial charge in [-0.25, -0.2) is 0 Å². The molecule has 7 nitrogen and oxygen atoms in total. The standard InChI is InChI=1S/C10H12N6O/c11-9-1-2-12-7-8(9)10(17)13-3-5-16-6-4-14-15-16/h1-2,4,6-7H,3,5H2,(H2,11,12)(H,13,17). The first-order valence-electron chi connectivity index (χ1n) is 5.09. The zero-order valence-electron chi connectivity index (χ0n) is 9.08. The Bertz CT molecular complexity index is 495. The maximum absolute atomic E-state index is 11.7. The third-order valence-corrected chi connectivity index (χ3v) is 2.20. The molecule has 2 heterocycles. The highest BCUT2D eigenvalue weighted by atomic mass is 16.1. The summed E-state index contributed by atoms with van der Waals surface area (Å²) in [6, 6.07) is 1.59. The fraction of sp³-hybridized carbons (Fsp3) is 0.200. The highest BCUT2D eigenvalue weighted by Gasteiger charge is 2.08. The van der Waals surface area contributed by atoms with Crippen LogP contribution in [0.5, 0.6) is 0 Å². The lowest BCUT2D eigenvalue weighted by Gasteiger charge is -2.06. The van der Waals surface area contributed by atoms with Gasteiger partial charge in [0.15, 0.2) is 0 Å². The Kier molecular flexibility index (Phi) is 3.29. The Morgan fingerprint density at radius 3 is 3.06 bits per heavy atom. The van der Waals surface area contributed by atoms with Gasteiger partial charge in [-0.15, -0.1) is 5.10 Å². The molecule has 7 heteroatoms. The van der Waals surface area contributed by atoms with Gasteiger partial charge in [-0.05, 0) is 6.07 Å². The highest BCUT2D eigenvalue weighted by Crippen LogP contribution is 2.07. The van der Waals surface area contributed by atoms with Crippen LogP contribution in [0.3, 0.4) is 0 Å². The lowest BCUT2D eigenvalue weighted by Crippen LogP contribution is -2.28. The predicted octanol–water partition coefficient (Wildman–Crippen LogP) is -0.315. The Balaban J connectivity index is 1.88. The van der Waals surface area contributed by atoms with Crippen LogP contribution in [0, 0.1) is 0 Å². The van der Waals surface area contributed by atoms with Crippen molar-refractivity contribution < 1.29 is 4.79 Å². The van der Waals surface area contributed by atoms with E-state index in [4.69, 9.17) is 5.73 Å². The first-order valence-corrected chi connectivity index (χ1v) is 5.09. The third kappa shape index (κ3) is 2.77. The van der Waals surface area contributed by atoms with Crippen molar-refractivity contribution in [2.75, 3.05) is 12.3 Å². The number of nitrogens with two attached hydrogens (primary N) is 1. The number of amides is 1. The quantitative estimate of drug-likeness (QED) is 0.753. The summed E-state index contributed by atoms with van der Waals surface area (Å²) in [4.78, 5) is 15.6. The number of carbonyl (C=O) groups excluding carboxylic acids is 1. The van der Waals surface area contributed by atoms with Gasteiger partial charge >= 0.3 is 0 Å². The molecule has 0 aliphatic heterocycles. The molecule has 0 bridgehead atoms. The number of nitrogens with zero attached hydrogens (tertiary/aromatic N) is 4. The topological polar surface area (TPSA) is 98.7 Å². The van der Waals surface area contributed by atoms with Gasteiger partial charge in [-0.1, -0.05) is 5.21 Å². The van der Waals surface area contributed by atoms with Crippen LogP contribution < -0.4 is 11.1 Å². The van der Waals surface area contributed by atoms with Crippen molar-refractivity contribution in [2.24, 2.45) is 0 Å². The minimum atomic E-state index is -0.240. The molecule has 0 atom stereocenters. The van der Waals surface area contributed by atoms with Gasteiger partial charge in [0.25, 0.3) is 5.91 Å². The van der Waals surface area contributed by atoms with E-state index in [9.17, 15) is 4.79 Å². The molecule has 0 saturated heterocycles. The van der Waals surface area contributed by atoms with Crippen molar-refractivity contribution >= 4 is 11.6 Å². The summed E-state index contributed by atoms with van der Waals surface area (Å²) in [6.07, 6.45) is 6.30. The molecule has 0 aromatic carbocycles. The summed E-state index contributed by atoms with van der Waals surface area (Å²) in [5, 5.41) is 10.2. The Morgan fingerprint density at radius 2 is 2.35 bits per heavy atom. The van der Waals surface area contributed by atoms with E-state index in [0.717, 1.165) is 0 Å². The summed E-state index contributed by atoms with van der Waals surface area (Å²) in [7, 11) is 0. The fourth-order valence-electron chi connectivity index (χ4n) is 1.33. The highest BCUT2D eigenvalue weighted by molar-refractivity contribution is 5.98. The zero-order valence-corrected chi connectivity index (χ0v) is 9.08. The van der Waals surface area contributed by atoms with Crippen molar-refractivity contribution in [1.29, 1.82) is 0 Å². The van der Waals surface area contributed by atoms with Crippen LogP contribution in [0.1, 0.15) is 10.4 Å². The van der Waals surface area contributed by atoms with Crippen LogP contribution >= 0.6 is 0 Å². The van der Waals surface area contributed by atoms with Crippen molar-refractivity contribution in [3.63, 3.8) is 0 Å². The summed E-state index contributed by atoms with van der Waals surface area (Å²) in [5.74, 6) is -0.240. The van der Waals surface area contributed by atoms with Gasteiger partial charge in [0.05, 0.1) is 18.3 Å². The summed E-state index contributed by atoms with van der Waals surface area (Å²) in [6.45, 7) is 1.02. The molecule has 2 aromatic heterocycles. The van der Waals surface area contributed by atoms with Crippen molar-refractivity contribution in [2.45, 2.75) is 6.54 Å². The number of hydrogen-bond acceptors (Lipinski definition) is 5. The number of pyridine rings is 1. The van der Waals surface area contributed by atoms with E-state index in [0.29, 0.717) is 24.3 Å². The van der Waals surface area contributed by atoms with Crippen LogP contribution in [0.2, 0.25) is 0 Å². The van der Waals surface area contributed by atoms with E-state index in [1.165, 1.54) is 6.20 Å². The molecule has 2 rings (SSSR count). The summed E-state index contributed by atoms with van der Waals surface area (Å²) in [5.41, 5.74) is 6.46. The molecule has 0 radical (unpaired) electrons. The van der Waals surface area contributed by atoms with E-state index < -0.39 is 0 Å². The maximum Gasteiger partial charge on any atom is 0.255 e. The predicted molar refractivity (Wildman–Crippen MR) is 61.0 cm³/mol. The van der Waals surface area contributed by atoms with E-state index in [-0.39, 0.29) is 5.91 Å². The normalized spacial score (nSPS) is 10.1. The lowest BCUT2D eigenvalue weighted by atomic mass is 10.2. The Hall–Kier alpha value is -2.44. The molecule has 17 heavy (non-hydrogen) atoms. The minimum absolute atomic E-state index is 0.240. The zero-order chi connectivity index (χ0) is 12.1. The fourth-order valence-corrected chi connectivity index (χ4v) is 1.33. The molecule has 0 spiro atoms. The average Bonchev–Trinajstić information content (AvgIpc) is 2.82. The van der Waals surface area contributed by atoms with Gasteiger partial charge in [0.2, 0.25) is 0 Å². The Morgan fingerprint density at radius 1 is 1.47 bits per heavy atom. The second kappa shape index (κ2) is 5.06. The van der Waals surface area contributed by atoms with Crippen LogP contribution in [-0.2, 0) is 6.54 Å². The van der Waals surface area contributed by atoms with Gasteiger partial charge in [-0.2, -0.15) is 0 Å². The largest absolute Gasteiger partial charge is 0.398 e. The second-order valence-corrected chi connectivity index (χ2v) is 3.38. The van der Waals surface area contributed by atoms with Crippen molar-refractivity contribution in [1.82, 2.24) is 25.3 Å². The molecular weight excluding hydrogens is 220 g/mol. The van der Waals surface area contributed by atoms with E-state index >= 15 is 0 Å². The van der Waals surface area contributed by atoms with Crippen LogP contribution in [0.25, 0.3) is 0 Å². The molecule has 88 valence electrons. The number of hydrogen-bond donors (Lipinski definition) is 2. The van der Waals surface area contributed by atoms with E-state index in [1.807, 2.05) is 0 Å². The first kappa shape index (κ1) is 11.1. The molecule has 0 aliphatic carbocycles. The van der Waals surface area contributed by atoms with Crippen LogP contribution in [0.15, 0.2) is 30.9 Å². The smallest absolute Gasteiger partial charge is 0.255 e. The third-order valence-electron chi connectivity index (χ3n) is 2.20. The van der Waals surface area contributed by atoms with Gasteiger partial charge in [0.1, 0.15) is 0 Å². The monoisotopic (exact) mass is 232 g/mol. The van der Waals surface area contributed by atoms with Crippen LogP contribution in [-0.4, -0.2) is 32.4 Å². The number of nitrogen functional groups attached to an aromatic ring is 1. The lowest BCUT2D eigenvalue weighted by molar-refractivity contribution is 0.0952. The summed E-state index contributed by atoms with van der Waals surface area (Å²) < 4.78 is 1.63. The molecule has 0 saturated carbocycles. The van der Waals surface area contributed by atoms with Gasteiger partial charge in [-0.3, -0.25) is 14.5 Å². The van der Waals surface area contributed by atoms with Crippen molar-refractivity contribution in [3.8, 4) is 0 Å². The van der Waals surface area contributed by atoms with E-state index in [1.54, 1.807) is 29.3 Å². The summed E-state index contributed by atoms with van der Waals surface area (Å²) >= 11 is 0. The molecule has 1 amide bonds. The molecule has 0 unspecified atom stereocenters. The molecule has 3 N–H and O–H groups in total. The van der Waals surface area contributed by atoms with Crippen molar-refractivity contribution in [3.05, 3.63) is 36.4 Å². The van der Waals surface area contributed by atoms with Gasteiger partial charge < -0.3 is 11.1 Å². The number of anilines is 1. The average molecular weight is 232 g/mol.